The quantitative estimate of drug-likeness (QED) is 0.823. The van der Waals surface area contributed by atoms with Gasteiger partial charge in [-0.1, -0.05) is 0 Å². The van der Waals surface area contributed by atoms with E-state index in [1.165, 1.54) is 6.33 Å². The summed E-state index contributed by atoms with van der Waals surface area (Å²) < 4.78 is 25.1. The third-order valence-corrected chi connectivity index (χ3v) is 5.73. The number of anilines is 2. The summed E-state index contributed by atoms with van der Waals surface area (Å²) in [5.41, 5.74) is 6.54. The molecule has 1 saturated heterocycles. The van der Waals surface area contributed by atoms with Crippen LogP contribution in [0.3, 0.4) is 0 Å². The number of hydrogen-bond acceptors (Lipinski definition) is 7. The molecule has 0 spiro atoms. The summed E-state index contributed by atoms with van der Waals surface area (Å²) in [5.74, 6) is 1.15. The molecule has 1 fully saturated rings. The van der Waals surface area contributed by atoms with E-state index in [2.05, 4.69) is 15.1 Å². The molecule has 0 radical (unpaired) electrons. The number of rotatable bonds is 2. The van der Waals surface area contributed by atoms with Crippen LogP contribution >= 0.6 is 0 Å². The highest BCUT2D eigenvalue weighted by Gasteiger charge is 2.31. The normalized spacial score (nSPS) is 21.4. The van der Waals surface area contributed by atoms with Crippen molar-refractivity contribution in [1.29, 1.82) is 0 Å². The predicted molar refractivity (Wildman–Crippen MR) is 79.0 cm³/mol. The number of nitrogens with two attached hydrogens (primary N) is 1. The van der Waals surface area contributed by atoms with Crippen LogP contribution in [0.1, 0.15) is 6.92 Å². The van der Waals surface area contributed by atoms with Gasteiger partial charge in [0.15, 0.2) is 21.5 Å². The zero-order chi connectivity index (χ0) is 15.0. The lowest BCUT2D eigenvalue weighted by Crippen LogP contribution is -2.46. The van der Waals surface area contributed by atoms with Crippen LogP contribution in [0.2, 0.25) is 0 Å². The maximum absolute atomic E-state index is 11.8. The summed E-state index contributed by atoms with van der Waals surface area (Å²) in [4.78, 5) is 10.2. The van der Waals surface area contributed by atoms with E-state index < -0.39 is 15.1 Å². The van der Waals surface area contributed by atoms with Crippen molar-refractivity contribution in [3.8, 4) is 5.82 Å². The van der Waals surface area contributed by atoms with E-state index in [0.29, 0.717) is 30.4 Å². The standard InChI is InChI=1S/C12H16N6O2S/c1-9-7-17(5-6-21(9,19)20)11-10(13)12(15-8-14-11)18-4-2-3-16-18/h2-4,8-9H,5-7,13H2,1H3. The molecule has 1 atom stereocenters. The molecular formula is C12H16N6O2S. The molecular weight excluding hydrogens is 292 g/mol. The molecule has 112 valence electrons. The van der Waals surface area contributed by atoms with Crippen LogP contribution < -0.4 is 10.6 Å². The molecule has 2 aromatic heterocycles. The van der Waals surface area contributed by atoms with Crippen molar-refractivity contribution in [3.05, 3.63) is 24.8 Å². The SMILES string of the molecule is CC1CN(c2ncnc(-n3cccn3)c2N)CCS1(=O)=O. The monoisotopic (exact) mass is 308 g/mol. The third kappa shape index (κ3) is 2.44. The van der Waals surface area contributed by atoms with Crippen molar-refractivity contribution < 1.29 is 8.42 Å². The van der Waals surface area contributed by atoms with Gasteiger partial charge in [0.05, 0.1) is 11.0 Å². The van der Waals surface area contributed by atoms with E-state index in [4.69, 9.17) is 5.73 Å². The molecule has 0 aliphatic carbocycles. The zero-order valence-corrected chi connectivity index (χ0v) is 12.4. The van der Waals surface area contributed by atoms with Crippen LogP contribution in [0.4, 0.5) is 11.5 Å². The summed E-state index contributed by atoms with van der Waals surface area (Å²) in [5, 5.41) is 3.67. The molecule has 1 unspecified atom stereocenters. The summed E-state index contributed by atoms with van der Waals surface area (Å²) in [7, 11) is -3.01. The van der Waals surface area contributed by atoms with Crippen LogP contribution in [-0.4, -0.2) is 52.3 Å². The first-order valence-electron chi connectivity index (χ1n) is 6.56. The van der Waals surface area contributed by atoms with Gasteiger partial charge >= 0.3 is 0 Å². The Hall–Kier alpha value is -2.16. The van der Waals surface area contributed by atoms with Crippen molar-refractivity contribution in [1.82, 2.24) is 19.7 Å². The first-order chi connectivity index (χ1) is 9.99. The molecule has 1 aliphatic rings. The van der Waals surface area contributed by atoms with Crippen LogP contribution in [0, 0.1) is 0 Å². The zero-order valence-electron chi connectivity index (χ0n) is 11.5. The Morgan fingerprint density at radius 3 is 2.76 bits per heavy atom. The number of aromatic nitrogens is 4. The van der Waals surface area contributed by atoms with Gasteiger partial charge in [0.1, 0.15) is 12.0 Å². The number of nitrogens with zero attached hydrogens (tertiary/aromatic N) is 5. The topological polar surface area (TPSA) is 107 Å². The summed E-state index contributed by atoms with van der Waals surface area (Å²) in [6, 6.07) is 1.77. The summed E-state index contributed by atoms with van der Waals surface area (Å²) in [6.45, 7) is 2.46. The van der Waals surface area contributed by atoms with Gasteiger partial charge in [0, 0.05) is 25.5 Å². The first kappa shape index (κ1) is 13.8. The van der Waals surface area contributed by atoms with Gasteiger partial charge in [-0.05, 0) is 13.0 Å². The Labute approximate surface area is 122 Å². The Morgan fingerprint density at radius 2 is 2.10 bits per heavy atom. The Bertz CT molecular complexity index is 743. The molecule has 21 heavy (non-hydrogen) atoms. The van der Waals surface area contributed by atoms with Gasteiger partial charge in [-0.15, -0.1) is 0 Å². The minimum atomic E-state index is -3.01. The molecule has 3 rings (SSSR count). The van der Waals surface area contributed by atoms with Gasteiger partial charge in [-0.2, -0.15) is 5.10 Å². The smallest absolute Gasteiger partial charge is 0.181 e. The highest BCUT2D eigenvalue weighted by molar-refractivity contribution is 7.92. The molecule has 0 amide bonds. The molecule has 2 N–H and O–H groups in total. The van der Waals surface area contributed by atoms with Gasteiger partial charge in [-0.3, -0.25) is 0 Å². The first-order valence-corrected chi connectivity index (χ1v) is 8.27. The predicted octanol–water partition coefficient (Wildman–Crippen LogP) is -0.132. The highest BCUT2D eigenvalue weighted by Crippen LogP contribution is 2.27. The molecule has 1 aliphatic heterocycles. The van der Waals surface area contributed by atoms with Gasteiger partial charge in [0.25, 0.3) is 0 Å². The molecule has 0 saturated carbocycles. The van der Waals surface area contributed by atoms with Crippen molar-refractivity contribution in [2.24, 2.45) is 0 Å². The van der Waals surface area contributed by atoms with E-state index in [9.17, 15) is 8.42 Å². The lowest BCUT2D eigenvalue weighted by molar-refractivity contribution is 0.568. The van der Waals surface area contributed by atoms with Crippen molar-refractivity contribution in [3.63, 3.8) is 0 Å². The Morgan fingerprint density at radius 1 is 1.33 bits per heavy atom. The fourth-order valence-electron chi connectivity index (χ4n) is 2.35. The third-order valence-electron chi connectivity index (χ3n) is 3.60. The van der Waals surface area contributed by atoms with Crippen LogP contribution in [0.25, 0.3) is 5.82 Å². The number of hydrogen-bond donors (Lipinski definition) is 1. The van der Waals surface area contributed by atoms with E-state index in [1.807, 2.05) is 4.90 Å². The van der Waals surface area contributed by atoms with Crippen molar-refractivity contribution >= 4 is 21.3 Å². The molecule has 0 aromatic carbocycles. The van der Waals surface area contributed by atoms with Crippen LogP contribution in [-0.2, 0) is 9.84 Å². The minimum Gasteiger partial charge on any atom is -0.393 e. The Balaban J connectivity index is 1.95. The van der Waals surface area contributed by atoms with Crippen molar-refractivity contribution in [2.45, 2.75) is 12.2 Å². The summed E-state index contributed by atoms with van der Waals surface area (Å²) >= 11 is 0. The van der Waals surface area contributed by atoms with E-state index >= 15 is 0 Å². The average molecular weight is 308 g/mol. The van der Waals surface area contributed by atoms with E-state index in [1.54, 1.807) is 30.1 Å². The second kappa shape index (κ2) is 4.99. The van der Waals surface area contributed by atoms with Crippen LogP contribution in [0.15, 0.2) is 24.8 Å². The Kier molecular flexibility index (Phi) is 3.28. The molecule has 8 nitrogen and oxygen atoms in total. The molecule has 0 bridgehead atoms. The molecule has 3 heterocycles. The van der Waals surface area contributed by atoms with E-state index in [0.717, 1.165) is 0 Å². The largest absolute Gasteiger partial charge is 0.393 e. The molecule has 9 heteroatoms. The lowest BCUT2D eigenvalue weighted by atomic mass is 10.3. The van der Waals surface area contributed by atoms with Gasteiger partial charge in [-0.25, -0.2) is 23.1 Å². The minimum absolute atomic E-state index is 0.106. The van der Waals surface area contributed by atoms with Gasteiger partial charge in [0.2, 0.25) is 0 Å². The second-order valence-corrected chi connectivity index (χ2v) is 7.55. The highest BCUT2D eigenvalue weighted by atomic mass is 32.2. The molecule has 2 aromatic rings. The van der Waals surface area contributed by atoms with Gasteiger partial charge < -0.3 is 10.6 Å². The number of sulfone groups is 1. The van der Waals surface area contributed by atoms with E-state index in [-0.39, 0.29) is 5.75 Å². The summed E-state index contributed by atoms with van der Waals surface area (Å²) in [6.07, 6.45) is 4.79. The van der Waals surface area contributed by atoms with Crippen LogP contribution in [0.5, 0.6) is 0 Å². The maximum atomic E-state index is 11.8. The number of nitrogen functional groups attached to an aromatic ring is 1. The fraction of sp³-hybridized carbons (Fsp3) is 0.417. The lowest BCUT2D eigenvalue weighted by Gasteiger charge is -2.32. The maximum Gasteiger partial charge on any atom is 0.181 e. The van der Waals surface area contributed by atoms with Crippen molar-refractivity contribution in [2.75, 3.05) is 29.5 Å². The second-order valence-electron chi connectivity index (χ2n) is 5.01. The average Bonchev–Trinajstić information content (AvgIpc) is 2.96. The fourth-order valence-corrected chi connectivity index (χ4v) is 3.64.